The van der Waals surface area contributed by atoms with Gasteiger partial charge in [0.2, 0.25) is 0 Å². The summed E-state index contributed by atoms with van der Waals surface area (Å²) in [5.41, 5.74) is 2.34. The molecule has 0 aliphatic rings. The first-order chi connectivity index (χ1) is 9.65. The van der Waals surface area contributed by atoms with E-state index in [4.69, 9.17) is 5.26 Å². The van der Waals surface area contributed by atoms with Crippen molar-refractivity contribution in [3.63, 3.8) is 0 Å². The van der Waals surface area contributed by atoms with Gasteiger partial charge in [0.1, 0.15) is 5.82 Å². The molecule has 1 aromatic carbocycles. The van der Waals surface area contributed by atoms with Crippen LogP contribution < -0.4 is 5.32 Å². The van der Waals surface area contributed by atoms with Crippen LogP contribution in [0.4, 0.5) is 4.39 Å². The molecule has 1 aromatic heterocycles. The van der Waals surface area contributed by atoms with Crippen LogP contribution in [0.2, 0.25) is 0 Å². The second kappa shape index (κ2) is 6.36. The SMILES string of the molecule is CCNC(C)c1cccn1Cc1cc(F)ccc1C#N. The van der Waals surface area contributed by atoms with Crippen molar-refractivity contribution in [2.75, 3.05) is 6.54 Å². The average Bonchev–Trinajstić information content (AvgIpc) is 2.87. The predicted octanol–water partition coefficient (Wildman–Crippen LogP) is 3.22. The minimum Gasteiger partial charge on any atom is -0.346 e. The molecule has 0 aliphatic carbocycles. The van der Waals surface area contributed by atoms with Gasteiger partial charge in [-0.15, -0.1) is 0 Å². The Bertz CT molecular complexity index is 625. The zero-order valence-corrected chi connectivity index (χ0v) is 11.7. The molecule has 0 saturated carbocycles. The first kappa shape index (κ1) is 14.3. The summed E-state index contributed by atoms with van der Waals surface area (Å²) in [6, 6.07) is 10.6. The molecule has 20 heavy (non-hydrogen) atoms. The van der Waals surface area contributed by atoms with E-state index in [2.05, 4.69) is 25.2 Å². The van der Waals surface area contributed by atoms with Gasteiger partial charge in [-0.05, 0) is 49.4 Å². The van der Waals surface area contributed by atoms with Crippen LogP contribution in [0.15, 0.2) is 36.5 Å². The molecule has 0 aliphatic heterocycles. The highest BCUT2D eigenvalue weighted by molar-refractivity contribution is 5.38. The maximum Gasteiger partial charge on any atom is 0.123 e. The summed E-state index contributed by atoms with van der Waals surface area (Å²) in [5, 5.41) is 12.5. The Balaban J connectivity index is 2.29. The van der Waals surface area contributed by atoms with E-state index in [1.807, 2.05) is 22.9 Å². The number of aromatic nitrogens is 1. The molecular weight excluding hydrogens is 253 g/mol. The second-order valence-corrected chi connectivity index (χ2v) is 4.75. The van der Waals surface area contributed by atoms with Gasteiger partial charge in [0.15, 0.2) is 0 Å². The van der Waals surface area contributed by atoms with E-state index in [-0.39, 0.29) is 11.9 Å². The van der Waals surface area contributed by atoms with E-state index in [0.29, 0.717) is 17.7 Å². The van der Waals surface area contributed by atoms with Gasteiger partial charge < -0.3 is 9.88 Å². The molecule has 1 unspecified atom stereocenters. The number of rotatable bonds is 5. The maximum absolute atomic E-state index is 13.4. The van der Waals surface area contributed by atoms with E-state index < -0.39 is 0 Å². The Kier molecular flexibility index (Phi) is 4.54. The Morgan fingerprint density at radius 2 is 2.20 bits per heavy atom. The minimum absolute atomic E-state index is 0.217. The molecule has 0 fully saturated rings. The summed E-state index contributed by atoms with van der Waals surface area (Å²) >= 11 is 0. The van der Waals surface area contributed by atoms with Gasteiger partial charge in [0, 0.05) is 24.5 Å². The number of nitrogens with one attached hydrogen (secondary N) is 1. The van der Waals surface area contributed by atoms with Gasteiger partial charge in [-0.1, -0.05) is 6.92 Å². The molecule has 0 bridgehead atoms. The molecule has 0 spiro atoms. The third kappa shape index (κ3) is 3.06. The highest BCUT2D eigenvalue weighted by Crippen LogP contribution is 2.18. The van der Waals surface area contributed by atoms with Crippen molar-refractivity contribution in [1.29, 1.82) is 5.26 Å². The van der Waals surface area contributed by atoms with E-state index >= 15 is 0 Å². The monoisotopic (exact) mass is 271 g/mol. The molecule has 0 radical (unpaired) electrons. The van der Waals surface area contributed by atoms with Crippen LogP contribution in [0.1, 0.15) is 36.7 Å². The molecule has 2 aromatic rings. The molecule has 2 rings (SSSR count). The maximum atomic E-state index is 13.4. The van der Waals surface area contributed by atoms with Crippen molar-refractivity contribution in [3.8, 4) is 6.07 Å². The largest absolute Gasteiger partial charge is 0.346 e. The molecule has 3 nitrogen and oxygen atoms in total. The number of halogens is 1. The Morgan fingerprint density at radius 3 is 2.90 bits per heavy atom. The van der Waals surface area contributed by atoms with Crippen molar-refractivity contribution in [2.24, 2.45) is 0 Å². The van der Waals surface area contributed by atoms with Gasteiger partial charge in [-0.3, -0.25) is 0 Å². The summed E-state index contributed by atoms with van der Waals surface area (Å²) in [7, 11) is 0. The predicted molar refractivity (Wildman–Crippen MR) is 76.7 cm³/mol. The molecular formula is C16H18FN3. The summed E-state index contributed by atoms with van der Waals surface area (Å²) < 4.78 is 15.4. The third-order valence-corrected chi connectivity index (χ3v) is 3.35. The quantitative estimate of drug-likeness (QED) is 0.907. The molecule has 1 N–H and O–H groups in total. The lowest BCUT2D eigenvalue weighted by molar-refractivity contribution is 0.552. The molecule has 1 atom stereocenters. The number of hydrogen-bond donors (Lipinski definition) is 1. The van der Waals surface area contributed by atoms with E-state index in [0.717, 1.165) is 12.2 Å². The highest BCUT2D eigenvalue weighted by Gasteiger charge is 2.11. The van der Waals surface area contributed by atoms with Gasteiger partial charge in [-0.25, -0.2) is 4.39 Å². The van der Waals surface area contributed by atoms with Gasteiger partial charge in [-0.2, -0.15) is 5.26 Å². The van der Waals surface area contributed by atoms with Crippen molar-refractivity contribution in [2.45, 2.75) is 26.4 Å². The fourth-order valence-electron chi connectivity index (χ4n) is 2.36. The smallest absolute Gasteiger partial charge is 0.123 e. The van der Waals surface area contributed by atoms with Crippen LogP contribution in [-0.2, 0) is 6.54 Å². The Morgan fingerprint density at radius 1 is 1.40 bits per heavy atom. The fourth-order valence-corrected chi connectivity index (χ4v) is 2.36. The van der Waals surface area contributed by atoms with Crippen LogP contribution in [0.3, 0.4) is 0 Å². The zero-order chi connectivity index (χ0) is 14.5. The van der Waals surface area contributed by atoms with Gasteiger partial charge in [0.05, 0.1) is 11.6 Å². The lowest BCUT2D eigenvalue weighted by atomic mass is 10.1. The number of nitriles is 1. The first-order valence-corrected chi connectivity index (χ1v) is 6.72. The molecule has 0 amide bonds. The standard InChI is InChI=1S/C16H18FN3/c1-3-19-12(2)16-5-4-8-20(16)11-14-9-15(17)7-6-13(14)10-18/h4-9,12,19H,3,11H2,1-2H3. The topological polar surface area (TPSA) is 40.8 Å². The van der Waals surface area contributed by atoms with Crippen LogP contribution in [0.5, 0.6) is 0 Å². The van der Waals surface area contributed by atoms with Crippen LogP contribution in [-0.4, -0.2) is 11.1 Å². The summed E-state index contributed by atoms with van der Waals surface area (Å²) in [6.07, 6.45) is 1.95. The number of benzene rings is 1. The molecule has 0 saturated heterocycles. The average molecular weight is 271 g/mol. The molecule has 4 heteroatoms. The van der Waals surface area contributed by atoms with E-state index in [1.165, 1.54) is 18.2 Å². The Labute approximate surface area is 118 Å². The van der Waals surface area contributed by atoms with E-state index in [1.54, 1.807) is 0 Å². The highest BCUT2D eigenvalue weighted by atomic mass is 19.1. The van der Waals surface area contributed by atoms with Crippen molar-refractivity contribution >= 4 is 0 Å². The number of nitrogens with zero attached hydrogens (tertiary/aromatic N) is 2. The van der Waals surface area contributed by atoms with Crippen LogP contribution in [0, 0.1) is 17.1 Å². The second-order valence-electron chi connectivity index (χ2n) is 4.75. The lowest BCUT2D eigenvalue weighted by Crippen LogP contribution is -2.21. The zero-order valence-electron chi connectivity index (χ0n) is 11.7. The third-order valence-electron chi connectivity index (χ3n) is 3.35. The Hall–Kier alpha value is -2.12. The van der Waals surface area contributed by atoms with Gasteiger partial charge >= 0.3 is 0 Å². The summed E-state index contributed by atoms with van der Waals surface area (Å²) in [5.74, 6) is -0.313. The lowest BCUT2D eigenvalue weighted by Gasteiger charge is -2.17. The molecule has 1 heterocycles. The van der Waals surface area contributed by atoms with Crippen molar-refractivity contribution < 1.29 is 4.39 Å². The first-order valence-electron chi connectivity index (χ1n) is 6.72. The van der Waals surface area contributed by atoms with E-state index in [9.17, 15) is 4.39 Å². The summed E-state index contributed by atoms with van der Waals surface area (Å²) in [6.45, 7) is 5.53. The summed E-state index contributed by atoms with van der Waals surface area (Å²) in [4.78, 5) is 0. The molecule has 104 valence electrons. The van der Waals surface area contributed by atoms with Gasteiger partial charge in [0.25, 0.3) is 0 Å². The van der Waals surface area contributed by atoms with Crippen molar-refractivity contribution in [1.82, 2.24) is 9.88 Å². The van der Waals surface area contributed by atoms with Crippen LogP contribution >= 0.6 is 0 Å². The van der Waals surface area contributed by atoms with Crippen molar-refractivity contribution in [3.05, 3.63) is 59.2 Å². The normalized spacial score (nSPS) is 12.1. The van der Waals surface area contributed by atoms with Crippen LogP contribution in [0.25, 0.3) is 0 Å². The minimum atomic E-state index is -0.313. The fraction of sp³-hybridized carbons (Fsp3) is 0.312. The number of hydrogen-bond acceptors (Lipinski definition) is 2.